The van der Waals surface area contributed by atoms with Gasteiger partial charge in [0.05, 0.1) is 5.41 Å². The van der Waals surface area contributed by atoms with Crippen LogP contribution in [0.3, 0.4) is 0 Å². The van der Waals surface area contributed by atoms with Crippen LogP contribution in [0.1, 0.15) is 135 Å². The molecular weight excluding hydrogens is 536 g/mol. The second-order valence-corrected chi connectivity index (χ2v) is 12.9. The molecule has 0 amide bonds. The molecule has 2 nitrogen and oxygen atoms in total. The number of aryl methyl sites for hydroxylation is 4. The Kier molecular flexibility index (Phi) is 10.5. The van der Waals surface area contributed by atoms with Crippen molar-refractivity contribution in [1.82, 2.24) is 0 Å². The predicted molar refractivity (Wildman–Crippen MR) is 185 cm³/mol. The molecule has 0 unspecified atom stereocenters. The molecule has 5 rings (SSSR count). The Morgan fingerprint density at radius 1 is 0.500 bits per heavy atom. The zero-order chi connectivity index (χ0) is 31.1. The van der Waals surface area contributed by atoms with E-state index in [0.717, 1.165) is 106 Å². The Balaban J connectivity index is 1.92. The van der Waals surface area contributed by atoms with Crippen molar-refractivity contribution < 1.29 is 10.2 Å². The molecule has 0 radical (unpaired) electrons. The molecule has 0 spiro atoms. The summed E-state index contributed by atoms with van der Waals surface area (Å²) < 4.78 is 0. The van der Waals surface area contributed by atoms with Crippen LogP contribution in [-0.2, 0) is 37.5 Å². The summed E-state index contributed by atoms with van der Waals surface area (Å²) in [5.41, 5.74) is 11.5. The van der Waals surface area contributed by atoms with Gasteiger partial charge in [0, 0.05) is 0 Å². The quantitative estimate of drug-likeness (QED) is 0.135. The summed E-state index contributed by atoms with van der Waals surface area (Å²) in [6, 6.07) is 27.3. The topological polar surface area (TPSA) is 40.5 Å². The van der Waals surface area contributed by atoms with Gasteiger partial charge in [0.1, 0.15) is 11.5 Å². The fraction of sp³-hybridized carbons (Fsp3) is 0.429. The van der Waals surface area contributed by atoms with E-state index in [0.29, 0.717) is 11.5 Å². The van der Waals surface area contributed by atoms with Crippen LogP contribution < -0.4 is 0 Å². The molecule has 0 saturated carbocycles. The Hall–Kier alpha value is -3.52. The van der Waals surface area contributed by atoms with Crippen molar-refractivity contribution in [2.24, 2.45) is 0 Å². The number of hydrogen-bond acceptors (Lipinski definition) is 2. The highest BCUT2D eigenvalue weighted by molar-refractivity contribution is 5.69. The first kappa shape index (κ1) is 31.9. The molecule has 232 valence electrons. The first-order valence-corrected chi connectivity index (χ1v) is 17.4. The molecule has 0 aliphatic heterocycles. The summed E-state index contributed by atoms with van der Waals surface area (Å²) in [5, 5.41) is 23.2. The van der Waals surface area contributed by atoms with Crippen LogP contribution in [0.25, 0.3) is 0 Å². The third kappa shape index (κ3) is 6.06. The van der Waals surface area contributed by atoms with E-state index < -0.39 is 5.41 Å². The lowest BCUT2D eigenvalue weighted by Gasteiger charge is -2.43. The molecule has 4 aromatic rings. The van der Waals surface area contributed by atoms with E-state index in [9.17, 15) is 10.2 Å². The van der Waals surface area contributed by atoms with Gasteiger partial charge >= 0.3 is 0 Å². The Labute approximate surface area is 266 Å². The maximum atomic E-state index is 11.6. The summed E-state index contributed by atoms with van der Waals surface area (Å²) in [4.78, 5) is 0. The number of unbranched alkanes of at least 4 members (excludes halogenated alkanes) is 4. The lowest BCUT2D eigenvalue weighted by atomic mass is 9.59. The largest absolute Gasteiger partial charge is 0.507 e. The first-order valence-electron chi connectivity index (χ1n) is 17.4. The fourth-order valence-corrected chi connectivity index (χ4v) is 7.40. The van der Waals surface area contributed by atoms with Crippen molar-refractivity contribution in [3.8, 4) is 11.5 Å². The third-order valence-corrected chi connectivity index (χ3v) is 9.82. The molecule has 4 aromatic carbocycles. The van der Waals surface area contributed by atoms with Crippen LogP contribution >= 0.6 is 0 Å². The minimum Gasteiger partial charge on any atom is -0.507 e. The van der Waals surface area contributed by atoms with Crippen LogP contribution in [0.15, 0.2) is 72.8 Å². The second kappa shape index (κ2) is 14.5. The average Bonchev–Trinajstić information content (AvgIpc) is 3.05. The minimum atomic E-state index is -0.559. The van der Waals surface area contributed by atoms with Crippen LogP contribution in [-0.4, -0.2) is 10.2 Å². The molecular formula is C42H52O2. The summed E-state index contributed by atoms with van der Waals surface area (Å²) in [6.07, 6.45) is 12.9. The number of rotatable bonds is 14. The van der Waals surface area contributed by atoms with Gasteiger partial charge in [-0.3, -0.25) is 0 Å². The van der Waals surface area contributed by atoms with Gasteiger partial charge in [-0.2, -0.15) is 0 Å². The van der Waals surface area contributed by atoms with E-state index in [1.165, 1.54) is 33.4 Å². The molecule has 1 aliphatic rings. The standard InChI is InChI=1S/C42H52O2/c1-5-9-17-32-26-36(27-33(40(32)43)18-10-6-2)42(37-28-34(19-11-7-3)41(44)35(29-37)20-12-8-4)38-23-15-13-21-30(38)25-31-22-14-16-24-39(31)42/h13-16,21-24,26-29,43-44H,5-12,17-20,25H2,1-4H3. The van der Waals surface area contributed by atoms with E-state index >= 15 is 0 Å². The summed E-state index contributed by atoms with van der Waals surface area (Å²) in [7, 11) is 0. The van der Waals surface area contributed by atoms with Crippen molar-refractivity contribution >= 4 is 0 Å². The molecule has 0 saturated heterocycles. The lowest BCUT2D eigenvalue weighted by molar-refractivity contribution is 0.457. The highest BCUT2D eigenvalue weighted by atomic mass is 16.3. The molecule has 44 heavy (non-hydrogen) atoms. The monoisotopic (exact) mass is 588 g/mol. The summed E-state index contributed by atoms with van der Waals surface area (Å²) in [6.45, 7) is 8.89. The number of phenolic OH excluding ortho intramolecular Hbond substituents is 2. The van der Waals surface area contributed by atoms with Gasteiger partial charge < -0.3 is 10.2 Å². The molecule has 0 bridgehead atoms. The van der Waals surface area contributed by atoms with Gasteiger partial charge in [-0.1, -0.05) is 126 Å². The van der Waals surface area contributed by atoms with E-state index in [4.69, 9.17) is 0 Å². The Bertz CT molecular complexity index is 1390. The van der Waals surface area contributed by atoms with Crippen LogP contribution in [0.4, 0.5) is 0 Å². The smallest absolute Gasteiger partial charge is 0.121 e. The highest BCUT2D eigenvalue weighted by Crippen LogP contribution is 2.53. The zero-order valence-electron chi connectivity index (χ0n) is 27.5. The predicted octanol–water partition coefficient (Wildman–Crippen LogP) is 10.8. The molecule has 2 heteroatoms. The summed E-state index contributed by atoms with van der Waals surface area (Å²) in [5.74, 6) is 0.974. The highest BCUT2D eigenvalue weighted by Gasteiger charge is 2.44. The average molecular weight is 589 g/mol. The van der Waals surface area contributed by atoms with Crippen molar-refractivity contribution in [3.63, 3.8) is 0 Å². The maximum absolute atomic E-state index is 11.6. The van der Waals surface area contributed by atoms with E-state index in [-0.39, 0.29) is 0 Å². The number of fused-ring (bicyclic) bond motifs is 2. The van der Waals surface area contributed by atoms with Gasteiger partial charge in [0.25, 0.3) is 0 Å². The third-order valence-electron chi connectivity index (χ3n) is 9.82. The lowest BCUT2D eigenvalue weighted by Crippen LogP contribution is -2.36. The normalized spacial score (nSPS) is 13.5. The molecule has 0 atom stereocenters. The molecule has 1 aliphatic carbocycles. The van der Waals surface area contributed by atoms with Gasteiger partial charge in [0.15, 0.2) is 0 Å². The van der Waals surface area contributed by atoms with E-state index in [1.54, 1.807) is 0 Å². The molecule has 0 heterocycles. The van der Waals surface area contributed by atoms with Crippen LogP contribution in [0.2, 0.25) is 0 Å². The van der Waals surface area contributed by atoms with Gasteiger partial charge in [-0.15, -0.1) is 0 Å². The van der Waals surface area contributed by atoms with Crippen LogP contribution in [0, 0.1) is 0 Å². The van der Waals surface area contributed by atoms with Gasteiger partial charge in [-0.25, -0.2) is 0 Å². The first-order chi connectivity index (χ1) is 21.5. The molecule has 0 aromatic heterocycles. The fourth-order valence-electron chi connectivity index (χ4n) is 7.40. The second-order valence-electron chi connectivity index (χ2n) is 12.9. The van der Waals surface area contributed by atoms with Crippen LogP contribution in [0.5, 0.6) is 11.5 Å². The maximum Gasteiger partial charge on any atom is 0.121 e. The number of aromatic hydroxyl groups is 2. The molecule has 2 N–H and O–H groups in total. The zero-order valence-corrected chi connectivity index (χ0v) is 27.5. The number of benzene rings is 4. The number of phenols is 2. The van der Waals surface area contributed by atoms with Crippen molar-refractivity contribution in [2.45, 2.75) is 117 Å². The van der Waals surface area contributed by atoms with Gasteiger partial charge in [0.2, 0.25) is 0 Å². The molecule has 0 fully saturated rings. The Morgan fingerprint density at radius 2 is 0.818 bits per heavy atom. The minimum absolute atomic E-state index is 0.487. The van der Waals surface area contributed by atoms with Crippen molar-refractivity contribution in [2.75, 3.05) is 0 Å². The van der Waals surface area contributed by atoms with Crippen molar-refractivity contribution in [3.05, 3.63) is 128 Å². The number of hydrogen-bond donors (Lipinski definition) is 2. The van der Waals surface area contributed by atoms with Gasteiger partial charge in [-0.05, 0) is 113 Å². The SMILES string of the molecule is CCCCc1cc(C2(c3cc(CCCC)c(O)c(CCCC)c3)c3ccccc3Cc3ccccc32)cc(CCCC)c1O. The van der Waals surface area contributed by atoms with E-state index in [1.807, 2.05) is 0 Å². The van der Waals surface area contributed by atoms with E-state index in [2.05, 4.69) is 100 Å². The Morgan fingerprint density at radius 3 is 1.14 bits per heavy atom. The summed E-state index contributed by atoms with van der Waals surface area (Å²) >= 11 is 0. The van der Waals surface area contributed by atoms with Crippen molar-refractivity contribution in [1.29, 1.82) is 0 Å².